The van der Waals surface area contributed by atoms with E-state index in [2.05, 4.69) is 10.4 Å². The van der Waals surface area contributed by atoms with E-state index in [9.17, 15) is 14.0 Å². The Morgan fingerprint density at radius 2 is 2.03 bits per heavy atom. The van der Waals surface area contributed by atoms with Crippen molar-refractivity contribution in [2.45, 2.75) is 19.4 Å². The van der Waals surface area contributed by atoms with Crippen LogP contribution in [0.4, 0.5) is 10.2 Å². The van der Waals surface area contributed by atoms with E-state index in [1.165, 1.54) is 28.9 Å². The van der Waals surface area contributed by atoms with E-state index in [1.807, 2.05) is 29.2 Å². The van der Waals surface area contributed by atoms with Gasteiger partial charge in [-0.3, -0.25) is 9.59 Å². The highest BCUT2D eigenvalue weighted by atomic mass is 19.1. The van der Waals surface area contributed by atoms with Gasteiger partial charge < -0.3 is 15.0 Å². The summed E-state index contributed by atoms with van der Waals surface area (Å²) >= 11 is 0. The molecule has 7 nitrogen and oxygen atoms in total. The predicted molar refractivity (Wildman–Crippen MR) is 120 cm³/mol. The van der Waals surface area contributed by atoms with Crippen molar-refractivity contribution in [1.82, 2.24) is 15.1 Å². The molecule has 1 N–H and O–H groups in total. The number of benzene rings is 2. The van der Waals surface area contributed by atoms with E-state index < -0.39 is 5.82 Å². The second kappa shape index (κ2) is 9.64. The van der Waals surface area contributed by atoms with Crippen molar-refractivity contribution >= 4 is 11.7 Å². The van der Waals surface area contributed by atoms with Gasteiger partial charge in [0.15, 0.2) is 0 Å². The van der Waals surface area contributed by atoms with Crippen molar-refractivity contribution in [2.24, 2.45) is 5.92 Å². The molecule has 2 aromatic carbocycles. The van der Waals surface area contributed by atoms with Gasteiger partial charge in [-0.25, -0.2) is 4.39 Å². The first-order chi connectivity index (χ1) is 15.5. The van der Waals surface area contributed by atoms with Crippen LogP contribution in [0.25, 0.3) is 5.69 Å². The Balaban J connectivity index is 1.45. The van der Waals surface area contributed by atoms with Gasteiger partial charge in [-0.1, -0.05) is 18.2 Å². The van der Waals surface area contributed by atoms with E-state index in [4.69, 9.17) is 4.74 Å². The standard InChI is InChI=1S/C24H25FN4O3/c1-32-21-9-2-5-17(13-21)15-26-24(31)18-6-4-12-28(16-18)22-10-11-23(30)29(27-22)20-8-3-7-19(25)14-20/h2-3,5,7-11,13-14,18H,4,6,12,15-16H2,1H3,(H,26,31)/t18-/m0/s1. The molecule has 0 aliphatic carbocycles. The summed E-state index contributed by atoms with van der Waals surface area (Å²) in [6.45, 7) is 1.65. The molecule has 1 aliphatic rings. The number of methoxy groups -OCH3 is 1. The molecule has 8 heteroatoms. The molecule has 1 saturated heterocycles. The fourth-order valence-corrected chi connectivity index (χ4v) is 3.88. The minimum absolute atomic E-state index is 0.0176. The first-order valence-corrected chi connectivity index (χ1v) is 10.6. The molecule has 2 heterocycles. The number of carbonyl (C=O) groups excluding carboxylic acids is 1. The normalized spacial score (nSPS) is 15.9. The summed E-state index contributed by atoms with van der Waals surface area (Å²) in [6, 6.07) is 16.4. The molecular formula is C24H25FN4O3. The molecule has 32 heavy (non-hydrogen) atoms. The van der Waals surface area contributed by atoms with Crippen LogP contribution in [0.2, 0.25) is 0 Å². The van der Waals surface area contributed by atoms with Crippen LogP contribution in [0, 0.1) is 11.7 Å². The lowest BCUT2D eigenvalue weighted by Gasteiger charge is -2.33. The van der Waals surface area contributed by atoms with Gasteiger partial charge in [-0.2, -0.15) is 4.68 Å². The van der Waals surface area contributed by atoms with Gasteiger partial charge in [0.05, 0.1) is 18.7 Å². The van der Waals surface area contributed by atoms with E-state index in [0.29, 0.717) is 24.6 Å². The average molecular weight is 436 g/mol. The summed E-state index contributed by atoms with van der Waals surface area (Å²) < 4.78 is 20.0. The lowest BCUT2D eigenvalue weighted by Crippen LogP contribution is -2.43. The van der Waals surface area contributed by atoms with Crippen LogP contribution in [0.15, 0.2) is 65.5 Å². The zero-order valence-corrected chi connectivity index (χ0v) is 17.8. The molecular weight excluding hydrogens is 411 g/mol. The third-order valence-electron chi connectivity index (χ3n) is 5.56. The van der Waals surface area contributed by atoms with Gasteiger partial charge in [0.1, 0.15) is 17.4 Å². The summed E-state index contributed by atoms with van der Waals surface area (Å²) in [5.74, 6) is 0.688. The molecule has 4 rings (SSSR count). The number of hydrogen-bond acceptors (Lipinski definition) is 5. The zero-order valence-electron chi connectivity index (χ0n) is 17.8. The van der Waals surface area contributed by atoms with Crippen LogP contribution in [0.3, 0.4) is 0 Å². The fourth-order valence-electron chi connectivity index (χ4n) is 3.88. The molecule has 1 fully saturated rings. The Bertz CT molecular complexity index is 1160. The van der Waals surface area contributed by atoms with E-state index in [-0.39, 0.29) is 17.4 Å². The highest BCUT2D eigenvalue weighted by Crippen LogP contribution is 2.22. The summed E-state index contributed by atoms with van der Waals surface area (Å²) in [5, 5.41) is 7.44. The van der Waals surface area contributed by atoms with Gasteiger partial charge in [-0.05, 0) is 54.8 Å². The number of rotatable bonds is 6. The molecule has 0 radical (unpaired) electrons. The van der Waals surface area contributed by atoms with Crippen LogP contribution in [0.1, 0.15) is 18.4 Å². The van der Waals surface area contributed by atoms with Crippen LogP contribution < -0.4 is 20.5 Å². The number of piperidine rings is 1. The number of carbonyl (C=O) groups is 1. The van der Waals surface area contributed by atoms with Crippen molar-refractivity contribution in [3.8, 4) is 11.4 Å². The summed E-state index contributed by atoms with van der Waals surface area (Å²) in [5.41, 5.74) is 0.986. The van der Waals surface area contributed by atoms with Gasteiger partial charge in [0.2, 0.25) is 5.91 Å². The molecule has 1 aliphatic heterocycles. The van der Waals surface area contributed by atoms with Gasteiger partial charge in [0, 0.05) is 25.7 Å². The second-order valence-corrected chi connectivity index (χ2v) is 7.78. The molecule has 1 aromatic heterocycles. The van der Waals surface area contributed by atoms with Crippen LogP contribution in [-0.4, -0.2) is 35.9 Å². The molecule has 3 aromatic rings. The molecule has 1 atom stereocenters. The monoisotopic (exact) mass is 436 g/mol. The quantitative estimate of drug-likeness (QED) is 0.643. The molecule has 1 amide bonds. The average Bonchev–Trinajstić information content (AvgIpc) is 2.83. The third-order valence-corrected chi connectivity index (χ3v) is 5.56. The van der Waals surface area contributed by atoms with E-state index >= 15 is 0 Å². The van der Waals surface area contributed by atoms with Crippen molar-refractivity contribution in [3.05, 3.63) is 82.4 Å². The second-order valence-electron chi connectivity index (χ2n) is 7.78. The lowest BCUT2D eigenvalue weighted by atomic mass is 9.97. The Morgan fingerprint density at radius 1 is 1.19 bits per heavy atom. The first-order valence-electron chi connectivity index (χ1n) is 10.6. The van der Waals surface area contributed by atoms with Crippen molar-refractivity contribution in [2.75, 3.05) is 25.1 Å². The maximum atomic E-state index is 13.6. The number of nitrogens with zero attached hydrogens (tertiary/aromatic N) is 3. The van der Waals surface area contributed by atoms with Gasteiger partial charge in [-0.15, -0.1) is 5.10 Å². The number of ether oxygens (including phenoxy) is 1. The molecule has 0 unspecified atom stereocenters. The lowest BCUT2D eigenvalue weighted by molar-refractivity contribution is -0.125. The summed E-state index contributed by atoms with van der Waals surface area (Å²) in [4.78, 5) is 27.1. The Hall–Kier alpha value is -3.68. The van der Waals surface area contributed by atoms with E-state index in [1.54, 1.807) is 19.2 Å². The maximum absolute atomic E-state index is 13.6. The third kappa shape index (κ3) is 4.96. The van der Waals surface area contributed by atoms with Crippen molar-refractivity contribution < 1.29 is 13.9 Å². The highest BCUT2D eigenvalue weighted by molar-refractivity contribution is 5.79. The minimum Gasteiger partial charge on any atom is -0.497 e. The topological polar surface area (TPSA) is 76.5 Å². The number of amides is 1. The fraction of sp³-hybridized carbons (Fsp3) is 0.292. The highest BCUT2D eigenvalue weighted by Gasteiger charge is 2.27. The van der Waals surface area contributed by atoms with Crippen molar-refractivity contribution in [3.63, 3.8) is 0 Å². The van der Waals surface area contributed by atoms with Crippen molar-refractivity contribution in [1.29, 1.82) is 0 Å². The number of halogens is 1. The number of nitrogens with one attached hydrogen (secondary N) is 1. The number of aromatic nitrogens is 2. The molecule has 0 spiro atoms. The number of hydrogen-bond donors (Lipinski definition) is 1. The Labute approximate surface area is 185 Å². The Kier molecular flexibility index (Phi) is 6.49. The van der Waals surface area contributed by atoms with E-state index in [0.717, 1.165) is 30.7 Å². The van der Waals surface area contributed by atoms with Gasteiger partial charge in [0.25, 0.3) is 5.56 Å². The van der Waals surface area contributed by atoms with Crippen LogP contribution in [-0.2, 0) is 11.3 Å². The molecule has 166 valence electrons. The zero-order chi connectivity index (χ0) is 22.5. The smallest absolute Gasteiger partial charge is 0.271 e. The van der Waals surface area contributed by atoms with Gasteiger partial charge >= 0.3 is 0 Å². The summed E-state index contributed by atoms with van der Waals surface area (Å²) in [7, 11) is 1.61. The maximum Gasteiger partial charge on any atom is 0.271 e. The Morgan fingerprint density at radius 3 is 2.84 bits per heavy atom. The minimum atomic E-state index is -0.438. The summed E-state index contributed by atoms with van der Waals surface area (Å²) in [6.07, 6.45) is 1.61. The first kappa shape index (κ1) is 21.5. The van der Waals surface area contributed by atoms with Crippen LogP contribution in [0.5, 0.6) is 5.75 Å². The SMILES string of the molecule is COc1cccc(CNC(=O)[C@H]2CCCN(c3ccc(=O)n(-c4cccc(F)c4)n3)C2)c1. The largest absolute Gasteiger partial charge is 0.497 e. The number of anilines is 1. The molecule has 0 saturated carbocycles. The molecule has 0 bridgehead atoms. The van der Waals surface area contributed by atoms with Crippen LogP contribution >= 0.6 is 0 Å². The predicted octanol–water partition coefficient (Wildman–Crippen LogP) is 2.91.